The number of hydrogen-bond donors (Lipinski definition) is 1. The number of carbonyl (C=O) groups is 1. The topological polar surface area (TPSA) is 44.7 Å². The highest BCUT2D eigenvalue weighted by Gasteiger charge is 2.18. The third-order valence-corrected chi connectivity index (χ3v) is 4.09. The normalized spacial score (nSPS) is 28.2. The average Bonchev–Trinajstić information content (AvgIpc) is 2.73. The van der Waals surface area contributed by atoms with Crippen molar-refractivity contribution in [3.8, 4) is 0 Å². The molecule has 0 radical (unpaired) electrons. The Hall–Kier alpha value is -0.710. The van der Waals surface area contributed by atoms with E-state index < -0.39 is 0 Å². The third-order valence-electron chi connectivity index (χ3n) is 2.91. The van der Waals surface area contributed by atoms with Crippen LogP contribution in [-0.4, -0.2) is 47.4 Å². The predicted molar refractivity (Wildman–Crippen MR) is 67.8 cm³/mol. The highest BCUT2D eigenvalue weighted by Crippen LogP contribution is 2.13. The van der Waals surface area contributed by atoms with Crippen LogP contribution in [0.15, 0.2) is 4.99 Å². The summed E-state index contributed by atoms with van der Waals surface area (Å²) in [4.78, 5) is 18.1. The Kier molecular flexibility index (Phi) is 4.09. The fourth-order valence-corrected chi connectivity index (χ4v) is 2.90. The molecule has 90 valence electrons. The summed E-state index contributed by atoms with van der Waals surface area (Å²) >= 11 is 1.71. The Morgan fingerprint density at radius 3 is 2.88 bits per heavy atom. The molecule has 0 saturated carbocycles. The molecule has 2 rings (SSSR count). The number of hydrogen-bond acceptors (Lipinski definition) is 3. The van der Waals surface area contributed by atoms with Crippen molar-refractivity contribution in [1.82, 2.24) is 10.2 Å². The zero-order valence-electron chi connectivity index (χ0n) is 9.74. The van der Waals surface area contributed by atoms with E-state index >= 15 is 0 Å². The zero-order valence-corrected chi connectivity index (χ0v) is 10.6. The van der Waals surface area contributed by atoms with E-state index in [0.717, 1.165) is 36.9 Å². The lowest BCUT2D eigenvalue weighted by Gasteiger charge is -2.26. The van der Waals surface area contributed by atoms with Gasteiger partial charge in [-0.05, 0) is 26.2 Å². The first-order valence-electron chi connectivity index (χ1n) is 5.97. The Bertz CT molecular complexity index is 287. The molecule has 1 unspecified atom stereocenters. The quantitative estimate of drug-likeness (QED) is 0.787. The summed E-state index contributed by atoms with van der Waals surface area (Å²) in [5.41, 5.74) is 0. The van der Waals surface area contributed by atoms with Crippen LogP contribution in [0.25, 0.3) is 0 Å². The van der Waals surface area contributed by atoms with E-state index in [1.807, 2.05) is 4.90 Å². The lowest BCUT2D eigenvalue weighted by Crippen LogP contribution is -2.37. The van der Waals surface area contributed by atoms with Crippen LogP contribution in [0.5, 0.6) is 0 Å². The van der Waals surface area contributed by atoms with Gasteiger partial charge in [-0.1, -0.05) is 11.8 Å². The van der Waals surface area contributed by atoms with Crippen molar-refractivity contribution in [3.05, 3.63) is 0 Å². The lowest BCUT2D eigenvalue weighted by molar-refractivity contribution is -0.130. The molecule has 0 aliphatic carbocycles. The first-order chi connectivity index (χ1) is 7.75. The van der Waals surface area contributed by atoms with E-state index in [0.29, 0.717) is 12.6 Å². The summed E-state index contributed by atoms with van der Waals surface area (Å²) < 4.78 is 0. The first kappa shape index (κ1) is 11.8. The molecule has 0 aromatic rings. The van der Waals surface area contributed by atoms with Crippen LogP contribution in [0.2, 0.25) is 0 Å². The molecule has 2 saturated heterocycles. The summed E-state index contributed by atoms with van der Waals surface area (Å²) in [7, 11) is 0. The van der Waals surface area contributed by atoms with E-state index in [1.165, 1.54) is 6.42 Å². The van der Waals surface area contributed by atoms with E-state index in [1.54, 1.807) is 11.8 Å². The van der Waals surface area contributed by atoms with Gasteiger partial charge in [0.15, 0.2) is 5.17 Å². The van der Waals surface area contributed by atoms with E-state index in [-0.39, 0.29) is 5.91 Å². The molecule has 2 aliphatic heterocycles. The van der Waals surface area contributed by atoms with Gasteiger partial charge in [0.2, 0.25) is 5.91 Å². The van der Waals surface area contributed by atoms with Crippen LogP contribution >= 0.6 is 11.8 Å². The van der Waals surface area contributed by atoms with Gasteiger partial charge in [0.05, 0.1) is 0 Å². The SMILES string of the molecule is CC1CSC(=NCC(=O)N2CCCCC2)N1. The Morgan fingerprint density at radius 1 is 1.50 bits per heavy atom. The number of piperidine rings is 1. The maximum absolute atomic E-state index is 11.8. The highest BCUT2D eigenvalue weighted by atomic mass is 32.2. The molecular weight excluding hydrogens is 222 g/mol. The number of rotatable bonds is 2. The summed E-state index contributed by atoms with van der Waals surface area (Å²) in [6.07, 6.45) is 3.55. The molecule has 16 heavy (non-hydrogen) atoms. The van der Waals surface area contributed by atoms with Gasteiger partial charge in [-0.15, -0.1) is 0 Å². The average molecular weight is 241 g/mol. The smallest absolute Gasteiger partial charge is 0.244 e. The third kappa shape index (κ3) is 3.14. The second kappa shape index (κ2) is 5.57. The number of carbonyl (C=O) groups excluding carboxylic acids is 1. The largest absolute Gasteiger partial charge is 0.362 e. The number of aliphatic imine (C=N–C) groups is 1. The zero-order chi connectivity index (χ0) is 11.4. The second-order valence-corrected chi connectivity index (χ2v) is 5.43. The van der Waals surface area contributed by atoms with Crippen LogP contribution in [0, 0.1) is 0 Å². The molecular formula is C11H19N3OS. The number of amidine groups is 1. The van der Waals surface area contributed by atoms with Crippen LogP contribution < -0.4 is 5.32 Å². The van der Waals surface area contributed by atoms with Gasteiger partial charge in [-0.3, -0.25) is 9.79 Å². The van der Waals surface area contributed by atoms with Crippen LogP contribution in [-0.2, 0) is 4.79 Å². The molecule has 4 nitrogen and oxygen atoms in total. The van der Waals surface area contributed by atoms with Crippen LogP contribution in [0.3, 0.4) is 0 Å². The fraction of sp³-hybridized carbons (Fsp3) is 0.818. The molecule has 2 fully saturated rings. The lowest BCUT2D eigenvalue weighted by atomic mass is 10.1. The van der Waals surface area contributed by atoms with Gasteiger partial charge in [-0.25, -0.2) is 0 Å². The maximum atomic E-state index is 11.8. The number of likely N-dealkylation sites (tertiary alicyclic amines) is 1. The van der Waals surface area contributed by atoms with Crippen molar-refractivity contribution in [1.29, 1.82) is 0 Å². The number of thioether (sulfide) groups is 1. The Labute approximate surface area is 101 Å². The summed E-state index contributed by atoms with van der Waals surface area (Å²) in [5, 5.41) is 4.18. The van der Waals surface area contributed by atoms with Crippen molar-refractivity contribution in [2.24, 2.45) is 4.99 Å². The molecule has 2 aliphatic rings. The number of nitrogens with one attached hydrogen (secondary N) is 1. The minimum Gasteiger partial charge on any atom is -0.362 e. The molecule has 1 N–H and O–H groups in total. The highest BCUT2D eigenvalue weighted by molar-refractivity contribution is 8.14. The standard InChI is InChI=1S/C11H19N3OS/c1-9-8-16-11(13-9)12-7-10(15)14-5-3-2-4-6-14/h9H,2-8H2,1H3,(H,12,13). The van der Waals surface area contributed by atoms with Gasteiger partial charge in [0, 0.05) is 24.9 Å². The minimum absolute atomic E-state index is 0.175. The molecule has 0 aromatic carbocycles. The van der Waals surface area contributed by atoms with Gasteiger partial charge >= 0.3 is 0 Å². The van der Waals surface area contributed by atoms with Gasteiger partial charge in [-0.2, -0.15) is 0 Å². The Morgan fingerprint density at radius 2 is 2.25 bits per heavy atom. The molecule has 0 spiro atoms. The first-order valence-corrected chi connectivity index (χ1v) is 6.96. The molecule has 1 atom stereocenters. The Balaban J connectivity index is 1.78. The van der Waals surface area contributed by atoms with E-state index in [4.69, 9.17) is 0 Å². The monoisotopic (exact) mass is 241 g/mol. The molecule has 0 aromatic heterocycles. The van der Waals surface area contributed by atoms with Gasteiger partial charge in [0.1, 0.15) is 6.54 Å². The molecule has 1 amide bonds. The number of amides is 1. The predicted octanol–water partition coefficient (Wildman–Crippen LogP) is 1.08. The van der Waals surface area contributed by atoms with Crippen molar-refractivity contribution in [2.45, 2.75) is 32.2 Å². The summed E-state index contributed by atoms with van der Waals surface area (Å²) in [6.45, 7) is 4.27. The fourth-order valence-electron chi connectivity index (χ4n) is 1.97. The van der Waals surface area contributed by atoms with Crippen molar-refractivity contribution in [3.63, 3.8) is 0 Å². The maximum Gasteiger partial charge on any atom is 0.244 e. The van der Waals surface area contributed by atoms with Crippen molar-refractivity contribution < 1.29 is 4.79 Å². The van der Waals surface area contributed by atoms with Crippen LogP contribution in [0.4, 0.5) is 0 Å². The van der Waals surface area contributed by atoms with E-state index in [2.05, 4.69) is 17.2 Å². The van der Waals surface area contributed by atoms with Gasteiger partial charge in [0.25, 0.3) is 0 Å². The van der Waals surface area contributed by atoms with Gasteiger partial charge < -0.3 is 10.2 Å². The molecule has 2 heterocycles. The summed E-state index contributed by atoms with van der Waals surface area (Å²) in [5.74, 6) is 1.23. The molecule has 5 heteroatoms. The minimum atomic E-state index is 0.175. The number of nitrogens with zero attached hydrogens (tertiary/aromatic N) is 2. The van der Waals surface area contributed by atoms with Crippen molar-refractivity contribution in [2.75, 3.05) is 25.4 Å². The molecule has 0 bridgehead atoms. The van der Waals surface area contributed by atoms with Crippen LogP contribution in [0.1, 0.15) is 26.2 Å². The summed E-state index contributed by atoms with van der Waals surface area (Å²) in [6, 6.07) is 0.480. The second-order valence-electron chi connectivity index (χ2n) is 4.42. The van der Waals surface area contributed by atoms with Crippen molar-refractivity contribution >= 4 is 22.8 Å². The van der Waals surface area contributed by atoms with E-state index in [9.17, 15) is 4.79 Å².